The number of nitrogens with one attached hydrogen (secondary N) is 1. The Morgan fingerprint density at radius 1 is 1.24 bits per heavy atom. The molecule has 1 aromatic carbocycles. The molecule has 1 spiro atoms. The molecule has 2 nitrogen and oxygen atoms in total. The number of anilines is 1. The highest BCUT2D eigenvalue weighted by molar-refractivity contribution is 5.62. The van der Waals surface area contributed by atoms with Crippen LogP contribution in [0.25, 0.3) is 0 Å². The maximum Gasteiger partial charge on any atom is 0.420 e. The number of alkyl halides is 3. The Morgan fingerprint density at radius 3 is 2.65 bits per heavy atom. The maximum atomic E-state index is 12.8. The zero-order chi connectivity index (χ0) is 12.1. The van der Waals surface area contributed by atoms with Gasteiger partial charge in [-0.25, -0.2) is 0 Å². The number of rotatable bonds is 0. The number of benzene rings is 1. The SMILES string of the molecule is FC(F)(F)c1cccc2c1OCC1(CC1)CN2. The summed E-state index contributed by atoms with van der Waals surface area (Å²) in [4.78, 5) is 0. The van der Waals surface area contributed by atoms with Crippen molar-refractivity contribution in [3.05, 3.63) is 23.8 Å². The molecule has 1 aliphatic heterocycles. The van der Waals surface area contributed by atoms with Crippen molar-refractivity contribution in [3.63, 3.8) is 0 Å². The van der Waals surface area contributed by atoms with E-state index in [1.54, 1.807) is 6.07 Å². The molecule has 3 rings (SSSR count). The van der Waals surface area contributed by atoms with Gasteiger partial charge < -0.3 is 10.1 Å². The molecule has 1 saturated carbocycles. The van der Waals surface area contributed by atoms with Crippen LogP contribution in [0, 0.1) is 5.41 Å². The van der Waals surface area contributed by atoms with Crippen LogP contribution >= 0.6 is 0 Å². The Bertz CT molecular complexity index is 452. The van der Waals surface area contributed by atoms with Gasteiger partial charge in [-0.15, -0.1) is 0 Å². The number of hydrogen-bond donors (Lipinski definition) is 1. The van der Waals surface area contributed by atoms with Crippen molar-refractivity contribution in [2.45, 2.75) is 19.0 Å². The van der Waals surface area contributed by atoms with Crippen LogP contribution in [-0.2, 0) is 6.18 Å². The van der Waals surface area contributed by atoms with Gasteiger partial charge in [-0.2, -0.15) is 13.2 Å². The molecule has 0 radical (unpaired) electrons. The summed E-state index contributed by atoms with van der Waals surface area (Å²) in [7, 11) is 0. The van der Waals surface area contributed by atoms with Gasteiger partial charge in [0, 0.05) is 12.0 Å². The third-order valence-electron chi connectivity index (χ3n) is 3.45. The molecule has 17 heavy (non-hydrogen) atoms. The zero-order valence-electron chi connectivity index (χ0n) is 9.10. The summed E-state index contributed by atoms with van der Waals surface area (Å²) in [5.74, 6) is -0.0521. The molecule has 5 heteroatoms. The second-order valence-electron chi connectivity index (χ2n) is 4.82. The Morgan fingerprint density at radius 2 is 2.00 bits per heavy atom. The summed E-state index contributed by atoms with van der Waals surface area (Å²) in [5.41, 5.74) is -0.189. The summed E-state index contributed by atoms with van der Waals surface area (Å²) < 4.78 is 43.8. The van der Waals surface area contributed by atoms with Gasteiger partial charge in [0.1, 0.15) is 0 Å². The van der Waals surface area contributed by atoms with Crippen LogP contribution in [0.1, 0.15) is 18.4 Å². The van der Waals surface area contributed by atoms with E-state index in [2.05, 4.69) is 5.32 Å². The van der Waals surface area contributed by atoms with E-state index in [1.165, 1.54) is 6.07 Å². The summed E-state index contributed by atoms with van der Waals surface area (Å²) >= 11 is 0. The van der Waals surface area contributed by atoms with Gasteiger partial charge in [-0.1, -0.05) is 6.07 Å². The van der Waals surface area contributed by atoms with Gasteiger partial charge in [-0.3, -0.25) is 0 Å². The second kappa shape index (κ2) is 3.31. The van der Waals surface area contributed by atoms with E-state index < -0.39 is 11.7 Å². The lowest BCUT2D eigenvalue weighted by atomic mass is 10.1. The topological polar surface area (TPSA) is 21.3 Å². The molecule has 0 saturated heterocycles. The van der Waals surface area contributed by atoms with Gasteiger partial charge in [0.25, 0.3) is 0 Å². The van der Waals surface area contributed by atoms with Gasteiger partial charge in [-0.05, 0) is 25.0 Å². The lowest BCUT2D eigenvalue weighted by Gasteiger charge is -2.15. The molecule has 0 atom stereocenters. The summed E-state index contributed by atoms with van der Waals surface area (Å²) in [6, 6.07) is 4.10. The van der Waals surface area contributed by atoms with E-state index >= 15 is 0 Å². The van der Waals surface area contributed by atoms with Crippen molar-refractivity contribution in [2.24, 2.45) is 5.41 Å². The fourth-order valence-corrected chi connectivity index (χ4v) is 2.11. The molecule has 1 aliphatic carbocycles. The molecule has 0 unspecified atom stereocenters. The molecule has 1 N–H and O–H groups in total. The molecule has 0 amide bonds. The summed E-state index contributed by atoms with van der Waals surface area (Å²) in [6.07, 6.45) is -2.32. The lowest BCUT2D eigenvalue weighted by molar-refractivity contribution is -0.138. The number of para-hydroxylation sites is 1. The van der Waals surface area contributed by atoms with Crippen LogP contribution in [0.15, 0.2) is 18.2 Å². The highest BCUT2D eigenvalue weighted by Gasteiger charge is 2.46. The first-order chi connectivity index (χ1) is 8.00. The number of halogens is 3. The maximum absolute atomic E-state index is 12.8. The minimum Gasteiger partial charge on any atom is -0.490 e. The molecule has 1 fully saturated rings. The van der Waals surface area contributed by atoms with Crippen LogP contribution in [0.5, 0.6) is 5.75 Å². The van der Waals surface area contributed by atoms with Crippen molar-refractivity contribution in [1.82, 2.24) is 0 Å². The molecule has 92 valence electrons. The Hall–Kier alpha value is -1.39. The van der Waals surface area contributed by atoms with Crippen LogP contribution in [0.2, 0.25) is 0 Å². The van der Waals surface area contributed by atoms with Gasteiger partial charge in [0.05, 0.1) is 17.9 Å². The highest BCUT2D eigenvalue weighted by atomic mass is 19.4. The average Bonchev–Trinajstić information content (AvgIpc) is 3.05. The average molecular weight is 243 g/mol. The fourth-order valence-electron chi connectivity index (χ4n) is 2.11. The minimum absolute atomic E-state index is 0.0521. The largest absolute Gasteiger partial charge is 0.490 e. The van der Waals surface area contributed by atoms with E-state index in [0.29, 0.717) is 18.8 Å². The predicted molar refractivity (Wildman–Crippen MR) is 57.1 cm³/mol. The molecule has 1 aromatic rings. The molecule has 0 aromatic heterocycles. The third-order valence-corrected chi connectivity index (χ3v) is 3.45. The van der Waals surface area contributed by atoms with Gasteiger partial charge in [0.2, 0.25) is 0 Å². The van der Waals surface area contributed by atoms with Crippen LogP contribution in [0.4, 0.5) is 18.9 Å². The molecular formula is C12H12F3NO. The second-order valence-corrected chi connectivity index (χ2v) is 4.82. The van der Waals surface area contributed by atoms with Crippen molar-refractivity contribution in [1.29, 1.82) is 0 Å². The minimum atomic E-state index is -4.37. The quantitative estimate of drug-likeness (QED) is 0.755. The van der Waals surface area contributed by atoms with Crippen LogP contribution in [-0.4, -0.2) is 13.2 Å². The smallest absolute Gasteiger partial charge is 0.420 e. The van der Waals surface area contributed by atoms with Crippen LogP contribution in [0.3, 0.4) is 0 Å². The zero-order valence-corrected chi connectivity index (χ0v) is 9.10. The van der Waals surface area contributed by atoms with E-state index in [-0.39, 0.29) is 11.2 Å². The van der Waals surface area contributed by atoms with Crippen molar-refractivity contribution >= 4 is 5.69 Å². The Balaban J connectivity index is 2.00. The Kier molecular flexibility index (Phi) is 2.09. The van der Waals surface area contributed by atoms with E-state index in [9.17, 15) is 13.2 Å². The fraction of sp³-hybridized carbons (Fsp3) is 0.500. The first kappa shape index (κ1) is 10.7. The first-order valence-corrected chi connectivity index (χ1v) is 5.57. The standard InChI is InChI=1S/C12H12F3NO/c13-12(14,15)8-2-1-3-9-10(8)17-7-11(4-5-11)6-16-9/h1-3,16H,4-7H2. The monoisotopic (exact) mass is 243 g/mol. The molecular weight excluding hydrogens is 231 g/mol. The first-order valence-electron chi connectivity index (χ1n) is 5.57. The van der Waals surface area contributed by atoms with Gasteiger partial charge in [0.15, 0.2) is 5.75 Å². The normalized spacial score (nSPS) is 21.1. The summed E-state index contributed by atoms with van der Waals surface area (Å²) in [5, 5.41) is 3.07. The van der Waals surface area contributed by atoms with Crippen molar-refractivity contribution < 1.29 is 17.9 Å². The van der Waals surface area contributed by atoms with Crippen molar-refractivity contribution in [2.75, 3.05) is 18.5 Å². The summed E-state index contributed by atoms with van der Waals surface area (Å²) in [6.45, 7) is 1.07. The highest BCUT2D eigenvalue weighted by Crippen LogP contribution is 2.50. The lowest BCUT2D eigenvalue weighted by Crippen LogP contribution is -2.19. The van der Waals surface area contributed by atoms with Gasteiger partial charge >= 0.3 is 6.18 Å². The molecule has 2 aliphatic rings. The predicted octanol–water partition coefficient (Wildman–Crippen LogP) is 3.29. The van der Waals surface area contributed by atoms with E-state index in [0.717, 1.165) is 18.9 Å². The molecule has 1 heterocycles. The Labute approximate surface area is 96.8 Å². The molecule has 0 bridgehead atoms. The van der Waals surface area contributed by atoms with Crippen molar-refractivity contribution in [3.8, 4) is 5.75 Å². The van der Waals surface area contributed by atoms with E-state index in [4.69, 9.17) is 4.74 Å². The number of ether oxygens (including phenoxy) is 1. The number of hydrogen-bond acceptors (Lipinski definition) is 2. The van der Waals surface area contributed by atoms with E-state index in [1.807, 2.05) is 0 Å². The van der Waals surface area contributed by atoms with Crippen LogP contribution < -0.4 is 10.1 Å². The number of fused-ring (bicyclic) bond motifs is 1. The third kappa shape index (κ3) is 1.83.